The van der Waals surface area contributed by atoms with Gasteiger partial charge in [-0.15, -0.1) is 0 Å². The van der Waals surface area contributed by atoms with Crippen molar-refractivity contribution < 1.29 is 31.1 Å². The summed E-state index contributed by atoms with van der Waals surface area (Å²) in [6, 6.07) is 0. The highest BCUT2D eigenvalue weighted by atomic mass is 32.2. The largest absolute Gasteiger partial charge is 0.511 e. The van der Waals surface area contributed by atoms with Crippen LogP contribution in [0, 0.1) is 11.8 Å². The summed E-state index contributed by atoms with van der Waals surface area (Å²) in [7, 11) is -1.90. The van der Waals surface area contributed by atoms with E-state index < -0.39 is 15.5 Å². The Labute approximate surface area is 170 Å². The molecule has 29 heavy (non-hydrogen) atoms. The Balaban J connectivity index is 1.73. The molecule has 1 N–H and O–H groups in total. The highest BCUT2D eigenvalue weighted by Gasteiger charge is 2.50. The van der Waals surface area contributed by atoms with Crippen molar-refractivity contribution in [1.82, 2.24) is 14.5 Å². The Morgan fingerprint density at radius 2 is 1.79 bits per heavy atom. The number of halogens is 3. The van der Waals surface area contributed by atoms with Crippen LogP contribution in [0.5, 0.6) is 0 Å². The molecule has 1 atom stereocenters. The molecule has 0 radical (unpaired) electrons. The van der Waals surface area contributed by atoms with Gasteiger partial charge in [0.1, 0.15) is 0 Å². The number of ether oxygens (including phenoxy) is 2. The third-order valence-electron chi connectivity index (χ3n) is 5.34. The summed E-state index contributed by atoms with van der Waals surface area (Å²) < 4.78 is 72.0. The number of nitrogens with one attached hydrogen (secondary N) is 1. The Bertz CT molecular complexity index is 637. The second-order valence-corrected chi connectivity index (χ2v) is 9.32. The third kappa shape index (κ3) is 6.69. The summed E-state index contributed by atoms with van der Waals surface area (Å²) in [5.74, 6) is 1.28. The number of alkyl halides is 3. The van der Waals surface area contributed by atoms with Crippen molar-refractivity contribution in [3.8, 4) is 0 Å². The molecule has 0 amide bonds. The van der Waals surface area contributed by atoms with Gasteiger partial charge in [0.2, 0.25) is 0 Å². The van der Waals surface area contributed by atoms with Crippen LogP contribution in [0.2, 0.25) is 0 Å². The van der Waals surface area contributed by atoms with Gasteiger partial charge in [0.05, 0.1) is 19.8 Å². The molecule has 0 aromatic carbocycles. The lowest BCUT2D eigenvalue weighted by Gasteiger charge is -2.32. The van der Waals surface area contributed by atoms with E-state index in [4.69, 9.17) is 9.47 Å². The normalized spacial score (nSPS) is 23.0. The topological polar surface area (TPSA) is 83.5 Å². The Kier molecular flexibility index (Phi) is 8.98. The zero-order chi connectivity index (χ0) is 21.5. The fourth-order valence-electron chi connectivity index (χ4n) is 3.62. The molecule has 2 rings (SSSR count). The highest BCUT2D eigenvalue weighted by Crippen LogP contribution is 2.30. The second kappa shape index (κ2) is 10.8. The average Bonchev–Trinajstić information content (AvgIpc) is 3.14. The van der Waals surface area contributed by atoms with E-state index in [0.717, 1.165) is 25.5 Å². The first-order valence-electron chi connectivity index (χ1n) is 9.77. The van der Waals surface area contributed by atoms with E-state index in [9.17, 15) is 21.6 Å². The summed E-state index contributed by atoms with van der Waals surface area (Å²) in [4.78, 5) is 6.45. The molecule has 0 saturated carbocycles. The van der Waals surface area contributed by atoms with E-state index >= 15 is 0 Å². The molecule has 8 nitrogen and oxygen atoms in total. The average molecular weight is 445 g/mol. The molecular formula is C17H31F3N4O4S. The number of sulfonamides is 1. The van der Waals surface area contributed by atoms with Gasteiger partial charge in [0.15, 0.2) is 5.96 Å². The lowest BCUT2D eigenvalue weighted by atomic mass is 9.98. The standard InChI is InChI=1S/C17H31F3N4O4S/c1-21-16(23-6-3-15(12-23)13-28-10-9-27-2)22-11-14-4-7-24(8-5-14)29(25,26)17(18,19)20/h14-15H,3-13H2,1-2H3,(H,21,22). The molecule has 12 heteroatoms. The molecule has 2 fully saturated rings. The van der Waals surface area contributed by atoms with Crippen molar-refractivity contribution in [1.29, 1.82) is 0 Å². The van der Waals surface area contributed by atoms with E-state index in [-0.39, 0.29) is 19.0 Å². The first-order chi connectivity index (χ1) is 13.7. The Morgan fingerprint density at radius 1 is 1.14 bits per heavy atom. The maximum absolute atomic E-state index is 12.7. The summed E-state index contributed by atoms with van der Waals surface area (Å²) in [5.41, 5.74) is -5.24. The lowest BCUT2D eigenvalue weighted by molar-refractivity contribution is -0.0496. The van der Waals surface area contributed by atoms with Crippen molar-refractivity contribution in [2.75, 3.05) is 66.7 Å². The van der Waals surface area contributed by atoms with Crippen molar-refractivity contribution >= 4 is 16.0 Å². The second-order valence-electron chi connectivity index (χ2n) is 7.39. The lowest BCUT2D eigenvalue weighted by Crippen LogP contribution is -2.47. The van der Waals surface area contributed by atoms with E-state index in [1.165, 1.54) is 0 Å². The third-order valence-corrected chi connectivity index (χ3v) is 6.97. The van der Waals surface area contributed by atoms with Crippen LogP contribution in [0.25, 0.3) is 0 Å². The maximum atomic E-state index is 12.7. The van der Waals surface area contributed by atoms with Gasteiger partial charge >= 0.3 is 15.5 Å². The predicted octanol–water partition coefficient (Wildman–Crippen LogP) is 1.11. The molecule has 0 aromatic heterocycles. The molecule has 0 spiro atoms. The summed E-state index contributed by atoms with van der Waals surface area (Å²) in [6.07, 6.45) is 1.77. The van der Waals surface area contributed by atoms with Crippen molar-refractivity contribution in [3.63, 3.8) is 0 Å². The zero-order valence-electron chi connectivity index (χ0n) is 16.9. The summed E-state index contributed by atoms with van der Waals surface area (Å²) in [6.45, 7) is 3.83. The Morgan fingerprint density at radius 3 is 2.38 bits per heavy atom. The minimum Gasteiger partial charge on any atom is -0.382 e. The first kappa shape index (κ1) is 24.2. The number of methoxy groups -OCH3 is 1. The summed E-state index contributed by atoms with van der Waals surface area (Å²) in [5, 5.41) is 3.29. The van der Waals surface area contributed by atoms with Crippen LogP contribution in [0.1, 0.15) is 19.3 Å². The molecule has 0 aromatic rings. The number of nitrogens with zero attached hydrogens (tertiary/aromatic N) is 3. The molecule has 2 saturated heterocycles. The number of hydrogen-bond donors (Lipinski definition) is 1. The van der Waals surface area contributed by atoms with E-state index in [1.54, 1.807) is 14.2 Å². The van der Waals surface area contributed by atoms with Gasteiger partial charge < -0.3 is 19.7 Å². The molecular weight excluding hydrogens is 413 g/mol. The van der Waals surface area contributed by atoms with Crippen molar-refractivity contribution in [3.05, 3.63) is 0 Å². The van der Waals surface area contributed by atoms with Gasteiger partial charge in [-0.3, -0.25) is 4.99 Å². The minimum atomic E-state index is -5.24. The number of guanidine groups is 1. The van der Waals surface area contributed by atoms with E-state index in [1.807, 2.05) is 0 Å². The SMILES string of the molecule is CN=C(NCC1CCN(S(=O)(=O)C(F)(F)F)CC1)N1CCC(COCCOC)C1. The van der Waals surface area contributed by atoms with E-state index in [0.29, 0.717) is 49.4 Å². The maximum Gasteiger partial charge on any atom is 0.511 e. The molecule has 170 valence electrons. The van der Waals surface area contributed by atoms with Gasteiger partial charge in [-0.2, -0.15) is 17.5 Å². The minimum absolute atomic E-state index is 0.0993. The first-order valence-corrected chi connectivity index (χ1v) is 11.2. The number of piperidine rings is 1. The smallest absolute Gasteiger partial charge is 0.382 e. The molecule has 0 bridgehead atoms. The van der Waals surface area contributed by atoms with Crippen LogP contribution < -0.4 is 5.32 Å². The number of aliphatic imine (C=N–C) groups is 1. The van der Waals surface area contributed by atoms with Crippen molar-refractivity contribution in [2.24, 2.45) is 16.8 Å². The van der Waals surface area contributed by atoms with Gasteiger partial charge in [-0.25, -0.2) is 8.42 Å². The van der Waals surface area contributed by atoms with Crippen LogP contribution in [0.3, 0.4) is 0 Å². The van der Waals surface area contributed by atoms with Gasteiger partial charge in [-0.05, 0) is 25.2 Å². The number of likely N-dealkylation sites (tertiary alicyclic amines) is 1. The number of rotatable bonds is 8. The number of hydrogen-bond acceptors (Lipinski definition) is 5. The van der Waals surface area contributed by atoms with Gasteiger partial charge in [-0.1, -0.05) is 0 Å². The predicted molar refractivity (Wildman–Crippen MR) is 103 cm³/mol. The van der Waals surface area contributed by atoms with Crippen LogP contribution in [0.15, 0.2) is 4.99 Å². The van der Waals surface area contributed by atoms with Crippen molar-refractivity contribution in [2.45, 2.75) is 24.8 Å². The van der Waals surface area contributed by atoms with Crippen LogP contribution in [-0.2, 0) is 19.5 Å². The fourth-order valence-corrected chi connectivity index (χ4v) is 4.61. The van der Waals surface area contributed by atoms with Crippen LogP contribution >= 0.6 is 0 Å². The fraction of sp³-hybridized carbons (Fsp3) is 0.941. The zero-order valence-corrected chi connectivity index (χ0v) is 17.8. The van der Waals surface area contributed by atoms with Crippen LogP contribution in [0.4, 0.5) is 13.2 Å². The molecule has 1 unspecified atom stereocenters. The van der Waals surface area contributed by atoms with E-state index in [2.05, 4.69) is 15.2 Å². The quantitative estimate of drug-likeness (QED) is 0.343. The van der Waals surface area contributed by atoms with Crippen LogP contribution in [-0.4, -0.2) is 95.8 Å². The Hall–Kier alpha value is -1.11. The summed E-state index contributed by atoms with van der Waals surface area (Å²) >= 11 is 0. The molecule has 2 aliphatic heterocycles. The molecule has 2 aliphatic rings. The van der Waals surface area contributed by atoms with Gasteiger partial charge in [0.25, 0.3) is 0 Å². The highest BCUT2D eigenvalue weighted by molar-refractivity contribution is 7.90. The molecule has 2 heterocycles. The monoisotopic (exact) mass is 444 g/mol. The van der Waals surface area contributed by atoms with Gasteiger partial charge in [0, 0.05) is 52.8 Å². The molecule has 0 aliphatic carbocycles.